The van der Waals surface area contributed by atoms with E-state index in [1.165, 1.54) is 0 Å². The van der Waals surface area contributed by atoms with E-state index in [0.717, 1.165) is 22.2 Å². The normalized spacial score (nSPS) is 12.4. The van der Waals surface area contributed by atoms with Crippen molar-refractivity contribution in [3.8, 4) is 0 Å². The number of hydrogen-bond acceptors (Lipinski definition) is 3. The summed E-state index contributed by atoms with van der Waals surface area (Å²) in [4.78, 5) is 22.5. The molecule has 4 N–H and O–H groups in total. The number of aromatic nitrogens is 1. The lowest BCUT2D eigenvalue weighted by molar-refractivity contribution is -0.114. The Hall–Kier alpha value is -3.41. The molecule has 0 fully saturated rings. The molecule has 0 atom stereocenters. The highest BCUT2D eigenvalue weighted by atomic mass is 16.1. The summed E-state index contributed by atoms with van der Waals surface area (Å²) < 4.78 is 0. The number of nitrogens with two attached hydrogens (primary N) is 2. The molecule has 26 heavy (non-hydrogen) atoms. The highest BCUT2D eigenvalue weighted by Gasteiger charge is 2.14. The second kappa shape index (κ2) is 8.62. The van der Waals surface area contributed by atoms with Crippen LogP contribution in [0.15, 0.2) is 77.1 Å². The van der Waals surface area contributed by atoms with Gasteiger partial charge >= 0.3 is 0 Å². The van der Waals surface area contributed by atoms with Crippen LogP contribution in [-0.4, -0.2) is 23.9 Å². The Kier molecular flexibility index (Phi) is 6.27. The molecular formula is C20H23N5O. The third-order valence-corrected chi connectivity index (χ3v) is 3.76. The zero-order valence-corrected chi connectivity index (χ0v) is 15.2. The van der Waals surface area contributed by atoms with Crippen LogP contribution in [0.2, 0.25) is 0 Å². The second-order valence-corrected chi connectivity index (χ2v) is 5.59. The van der Waals surface area contributed by atoms with Gasteiger partial charge in [0.25, 0.3) is 5.91 Å². The number of nitrogens with zero attached hydrogens (tertiary/aromatic N) is 3. The Labute approximate surface area is 153 Å². The van der Waals surface area contributed by atoms with Crippen LogP contribution >= 0.6 is 0 Å². The lowest BCUT2D eigenvalue weighted by atomic mass is 10.1. The zero-order chi connectivity index (χ0) is 19.1. The van der Waals surface area contributed by atoms with Gasteiger partial charge in [0.1, 0.15) is 0 Å². The van der Waals surface area contributed by atoms with Crippen LogP contribution in [0.1, 0.15) is 13.8 Å². The molecule has 0 aliphatic carbocycles. The Morgan fingerprint density at radius 3 is 2.58 bits per heavy atom. The average Bonchev–Trinajstić information content (AvgIpc) is 2.63. The summed E-state index contributed by atoms with van der Waals surface area (Å²) in [6.07, 6.45) is 9.00. The molecule has 0 unspecified atom stereocenters. The summed E-state index contributed by atoms with van der Waals surface area (Å²) >= 11 is 0. The van der Waals surface area contributed by atoms with E-state index < -0.39 is 5.91 Å². The van der Waals surface area contributed by atoms with Crippen molar-refractivity contribution in [1.82, 2.24) is 4.98 Å². The Balaban J connectivity index is 2.57. The number of fused-ring (bicyclic) bond motifs is 1. The first kappa shape index (κ1) is 18.9. The molecule has 134 valence electrons. The topological polar surface area (TPSA) is 97.6 Å². The number of carbonyl (C=O) groups is 1. The number of pyridine rings is 1. The Morgan fingerprint density at radius 2 is 1.92 bits per heavy atom. The van der Waals surface area contributed by atoms with E-state index in [1.807, 2.05) is 74.4 Å². The van der Waals surface area contributed by atoms with E-state index in [1.54, 1.807) is 12.4 Å². The molecule has 1 amide bonds. The van der Waals surface area contributed by atoms with Gasteiger partial charge in [-0.25, -0.2) is 0 Å². The van der Waals surface area contributed by atoms with Crippen molar-refractivity contribution in [1.29, 1.82) is 0 Å². The first-order chi connectivity index (χ1) is 12.5. The SMILES string of the molecule is C\C=C/C(=C\C)C(=C\N(C)c1ccnc2ccccc12)/C(=O)N=C(N)N. The molecule has 0 saturated carbocycles. The smallest absolute Gasteiger partial charge is 0.282 e. The molecule has 0 spiro atoms. The molecule has 0 saturated heterocycles. The summed E-state index contributed by atoms with van der Waals surface area (Å²) in [6.45, 7) is 3.74. The lowest BCUT2D eigenvalue weighted by Crippen LogP contribution is -2.25. The summed E-state index contributed by atoms with van der Waals surface area (Å²) in [5, 5.41) is 0.982. The van der Waals surface area contributed by atoms with Crippen LogP contribution in [-0.2, 0) is 4.79 Å². The van der Waals surface area contributed by atoms with Gasteiger partial charge in [0, 0.05) is 24.8 Å². The maximum Gasteiger partial charge on any atom is 0.282 e. The minimum Gasteiger partial charge on any atom is -0.370 e. The predicted molar refractivity (Wildman–Crippen MR) is 108 cm³/mol. The van der Waals surface area contributed by atoms with Crippen LogP contribution in [0.3, 0.4) is 0 Å². The van der Waals surface area contributed by atoms with Crippen molar-refractivity contribution >= 4 is 28.5 Å². The number of allylic oxidation sites excluding steroid dienone is 3. The number of amides is 1. The van der Waals surface area contributed by atoms with Crippen molar-refractivity contribution in [3.05, 3.63) is 72.1 Å². The number of carbonyl (C=O) groups excluding carboxylic acids is 1. The Bertz CT molecular complexity index is 915. The predicted octanol–water partition coefficient (Wildman–Crippen LogP) is 2.88. The van der Waals surface area contributed by atoms with Gasteiger partial charge in [0.2, 0.25) is 0 Å². The van der Waals surface area contributed by atoms with Crippen molar-refractivity contribution in [2.24, 2.45) is 16.5 Å². The highest BCUT2D eigenvalue weighted by Crippen LogP contribution is 2.26. The van der Waals surface area contributed by atoms with Crippen molar-refractivity contribution in [2.75, 3.05) is 11.9 Å². The second-order valence-electron chi connectivity index (χ2n) is 5.59. The maximum atomic E-state index is 12.5. The molecule has 6 heteroatoms. The van der Waals surface area contributed by atoms with E-state index in [9.17, 15) is 4.79 Å². The van der Waals surface area contributed by atoms with Gasteiger partial charge in [0.05, 0.1) is 16.8 Å². The summed E-state index contributed by atoms with van der Waals surface area (Å²) in [7, 11) is 1.87. The molecule has 2 aromatic rings. The van der Waals surface area contributed by atoms with Crippen molar-refractivity contribution in [2.45, 2.75) is 13.8 Å². The van der Waals surface area contributed by atoms with E-state index >= 15 is 0 Å². The number of hydrogen-bond donors (Lipinski definition) is 2. The largest absolute Gasteiger partial charge is 0.370 e. The molecule has 1 aromatic heterocycles. The monoisotopic (exact) mass is 349 g/mol. The summed E-state index contributed by atoms with van der Waals surface area (Å²) in [5.41, 5.74) is 13.7. The molecular weight excluding hydrogens is 326 g/mol. The van der Waals surface area contributed by atoms with Crippen LogP contribution in [0.4, 0.5) is 5.69 Å². The standard InChI is InChI=1S/C20H23N5O/c1-4-8-14(5-2)16(19(26)24-20(21)22)13-25(3)18-11-12-23-17-10-7-6-9-15(17)18/h4-13H,1-3H3,(H4,21,22,24,26)/b8-4-,14-5+,16-13+. The van der Waals surface area contributed by atoms with Gasteiger partial charge in [-0.2, -0.15) is 4.99 Å². The van der Waals surface area contributed by atoms with Gasteiger partial charge in [0.15, 0.2) is 5.96 Å². The molecule has 0 aliphatic rings. The highest BCUT2D eigenvalue weighted by molar-refractivity contribution is 6.05. The lowest BCUT2D eigenvalue weighted by Gasteiger charge is -2.18. The van der Waals surface area contributed by atoms with Crippen LogP contribution in [0.5, 0.6) is 0 Å². The van der Waals surface area contributed by atoms with E-state index in [0.29, 0.717) is 5.57 Å². The number of para-hydroxylation sites is 1. The number of aliphatic imine (C=N–C) groups is 1. The molecule has 0 aliphatic heterocycles. The molecule has 6 nitrogen and oxygen atoms in total. The maximum absolute atomic E-state index is 12.5. The van der Waals surface area contributed by atoms with Gasteiger partial charge in [-0.1, -0.05) is 36.4 Å². The van der Waals surface area contributed by atoms with Crippen molar-refractivity contribution < 1.29 is 4.79 Å². The van der Waals surface area contributed by atoms with E-state index in [2.05, 4.69) is 9.98 Å². The molecule has 2 rings (SSSR count). The fraction of sp³-hybridized carbons (Fsp3) is 0.150. The molecule has 1 aromatic carbocycles. The van der Waals surface area contributed by atoms with E-state index in [-0.39, 0.29) is 5.96 Å². The fourth-order valence-electron chi connectivity index (χ4n) is 2.60. The zero-order valence-electron chi connectivity index (χ0n) is 15.2. The quantitative estimate of drug-likeness (QED) is 0.374. The number of benzene rings is 1. The van der Waals surface area contributed by atoms with Crippen molar-refractivity contribution in [3.63, 3.8) is 0 Å². The molecule has 0 bridgehead atoms. The number of anilines is 1. The number of rotatable bonds is 5. The minimum atomic E-state index is -0.499. The molecule has 1 heterocycles. The number of guanidine groups is 1. The van der Waals surface area contributed by atoms with Crippen LogP contribution < -0.4 is 16.4 Å². The van der Waals surface area contributed by atoms with Gasteiger partial charge in [-0.05, 0) is 31.6 Å². The van der Waals surface area contributed by atoms with E-state index in [4.69, 9.17) is 11.5 Å². The average molecular weight is 349 g/mol. The molecule has 0 radical (unpaired) electrons. The Morgan fingerprint density at radius 1 is 1.19 bits per heavy atom. The van der Waals surface area contributed by atoms with Gasteiger partial charge in [-0.15, -0.1) is 0 Å². The third kappa shape index (κ3) is 4.36. The third-order valence-electron chi connectivity index (χ3n) is 3.76. The summed E-state index contributed by atoms with van der Waals surface area (Å²) in [6, 6.07) is 9.72. The van der Waals surface area contributed by atoms with Crippen LogP contribution in [0.25, 0.3) is 10.9 Å². The van der Waals surface area contributed by atoms with Crippen LogP contribution in [0, 0.1) is 0 Å². The first-order valence-corrected chi connectivity index (χ1v) is 8.19. The van der Waals surface area contributed by atoms with Gasteiger partial charge in [-0.3, -0.25) is 9.78 Å². The minimum absolute atomic E-state index is 0.270. The van der Waals surface area contributed by atoms with Gasteiger partial charge < -0.3 is 16.4 Å². The first-order valence-electron chi connectivity index (χ1n) is 8.19. The fourth-order valence-corrected chi connectivity index (χ4v) is 2.60. The summed E-state index contributed by atoms with van der Waals surface area (Å²) in [5.74, 6) is -0.768.